The van der Waals surface area contributed by atoms with Gasteiger partial charge in [0.05, 0.1) is 11.7 Å². The molecule has 0 fully saturated rings. The highest BCUT2D eigenvalue weighted by molar-refractivity contribution is 5.80. The number of unbranched alkanes of at least 4 members (excludes halogenated alkanes) is 2. The van der Waals surface area contributed by atoms with Crippen molar-refractivity contribution in [1.29, 1.82) is 0 Å². The van der Waals surface area contributed by atoms with Crippen molar-refractivity contribution in [2.75, 3.05) is 13.6 Å². The molecule has 0 aliphatic carbocycles. The lowest BCUT2D eigenvalue weighted by atomic mass is 10.1. The standard InChI is InChI=1S/C18H25FN4O/c1-13(20)18(24)23(2)11-5-3-4-6-16-12-17(22-21-16)14-7-9-15(19)10-8-14/h7-10,12-13H,3-6,11,20H2,1-2H3,(H,21,22)/t13-/m0/s1. The summed E-state index contributed by atoms with van der Waals surface area (Å²) in [7, 11) is 1.79. The molecule has 1 heterocycles. The summed E-state index contributed by atoms with van der Waals surface area (Å²) < 4.78 is 12.9. The number of carbonyl (C=O) groups excluding carboxylic acids is 1. The van der Waals surface area contributed by atoms with Crippen LogP contribution in [0, 0.1) is 5.82 Å². The number of H-pyrrole nitrogens is 1. The number of nitrogens with zero attached hydrogens (tertiary/aromatic N) is 2. The Kier molecular flexibility index (Phi) is 6.49. The van der Waals surface area contributed by atoms with Crippen LogP contribution >= 0.6 is 0 Å². The number of rotatable bonds is 8. The van der Waals surface area contributed by atoms with E-state index in [1.54, 1.807) is 31.0 Å². The molecule has 0 spiro atoms. The maximum absolute atomic E-state index is 12.9. The van der Waals surface area contributed by atoms with E-state index < -0.39 is 6.04 Å². The van der Waals surface area contributed by atoms with E-state index in [9.17, 15) is 9.18 Å². The van der Waals surface area contributed by atoms with Gasteiger partial charge < -0.3 is 10.6 Å². The van der Waals surface area contributed by atoms with Crippen LogP contribution in [-0.2, 0) is 11.2 Å². The Labute approximate surface area is 142 Å². The molecule has 1 amide bonds. The number of likely N-dealkylation sites (N-methyl/N-ethyl adjacent to an activating group) is 1. The smallest absolute Gasteiger partial charge is 0.238 e. The lowest BCUT2D eigenvalue weighted by Gasteiger charge is -2.18. The van der Waals surface area contributed by atoms with E-state index in [2.05, 4.69) is 10.2 Å². The Morgan fingerprint density at radius 1 is 1.29 bits per heavy atom. The highest BCUT2D eigenvalue weighted by Crippen LogP contribution is 2.18. The Bertz CT molecular complexity index is 651. The molecule has 2 rings (SSSR count). The van der Waals surface area contributed by atoms with Crippen molar-refractivity contribution >= 4 is 5.91 Å². The molecule has 0 radical (unpaired) electrons. The Morgan fingerprint density at radius 2 is 2.00 bits per heavy atom. The number of nitrogens with one attached hydrogen (secondary N) is 1. The number of nitrogens with two attached hydrogens (primary N) is 1. The van der Waals surface area contributed by atoms with Crippen LogP contribution in [0.1, 0.15) is 31.9 Å². The van der Waals surface area contributed by atoms with E-state index in [-0.39, 0.29) is 11.7 Å². The summed E-state index contributed by atoms with van der Waals surface area (Å²) in [5.74, 6) is -0.269. The van der Waals surface area contributed by atoms with E-state index in [1.165, 1.54) is 12.1 Å². The van der Waals surface area contributed by atoms with Gasteiger partial charge in [0.2, 0.25) is 5.91 Å². The van der Waals surface area contributed by atoms with E-state index in [0.29, 0.717) is 0 Å². The van der Waals surface area contributed by atoms with E-state index >= 15 is 0 Å². The molecule has 2 aromatic rings. The number of benzene rings is 1. The van der Waals surface area contributed by atoms with Crippen molar-refractivity contribution in [3.63, 3.8) is 0 Å². The zero-order valence-electron chi connectivity index (χ0n) is 14.3. The van der Waals surface area contributed by atoms with Crippen molar-refractivity contribution < 1.29 is 9.18 Å². The SMILES string of the molecule is C[C@H](N)C(=O)N(C)CCCCCc1cc(-c2ccc(F)cc2)n[nH]1. The average molecular weight is 332 g/mol. The summed E-state index contributed by atoms with van der Waals surface area (Å²) in [6.07, 6.45) is 3.90. The minimum Gasteiger partial charge on any atom is -0.344 e. The monoisotopic (exact) mass is 332 g/mol. The van der Waals surface area contributed by atoms with Gasteiger partial charge in [-0.25, -0.2) is 4.39 Å². The predicted molar refractivity (Wildman–Crippen MR) is 92.8 cm³/mol. The maximum Gasteiger partial charge on any atom is 0.238 e. The molecular weight excluding hydrogens is 307 g/mol. The van der Waals surface area contributed by atoms with Crippen molar-refractivity contribution in [2.45, 2.75) is 38.6 Å². The molecule has 0 unspecified atom stereocenters. The molecule has 130 valence electrons. The van der Waals surface area contributed by atoms with Crippen LogP contribution in [0.5, 0.6) is 0 Å². The fourth-order valence-corrected chi connectivity index (χ4v) is 2.56. The fraction of sp³-hybridized carbons (Fsp3) is 0.444. The quantitative estimate of drug-likeness (QED) is 0.730. The van der Waals surface area contributed by atoms with Gasteiger partial charge in [-0.15, -0.1) is 0 Å². The molecule has 3 N–H and O–H groups in total. The third kappa shape index (κ3) is 5.16. The van der Waals surface area contributed by atoms with Crippen LogP contribution in [0.2, 0.25) is 0 Å². The van der Waals surface area contributed by atoms with Crippen molar-refractivity contribution in [3.8, 4) is 11.3 Å². The zero-order valence-corrected chi connectivity index (χ0v) is 14.3. The normalized spacial score (nSPS) is 12.2. The van der Waals surface area contributed by atoms with Crippen molar-refractivity contribution in [1.82, 2.24) is 15.1 Å². The molecule has 0 bridgehead atoms. The van der Waals surface area contributed by atoms with E-state index in [0.717, 1.165) is 49.2 Å². The maximum atomic E-state index is 12.9. The first-order chi connectivity index (χ1) is 11.5. The van der Waals surface area contributed by atoms with Gasteiger partial charge >= 0.3 is 0 Å². The largest absolute Gasteiger partial charge is 0.344 e. The van der Waals surface area contributed by atoms with Crippen molar-refractivity contribution in [3.05, 3.63) is 41.8 Å². The first kappa shape index (κ1) is 18.1. The molecule has 24 heavy (non-hydrogen) atoms. The molecule has 1 aromatic heterocycles. The van der Waals surface area contributed by atoms with Gasteiger partial charge in [-0.1, -0.05) is 6.42 Å². The van der Waals surface area contributed by atoms with Crippen LogP contribution in [0.25, 0.3) is 11.3 Å². The van der Waals surface area contributed by atoms with Crippen molar-refractivity contribution in [2.24, 2.45) is 5.73 Å². The molecule has 0 saturated carbocycles. The summed E-state index contributed by atoms with van der Waals surface area (Å²) in [4.78, 5) is 13.3. The van der Waals surface area contributed by atoms with Gasteiger partial charge in [-0.05, 0) is 56.5 Å². The second kappa shape index (κ2) is 8.59. The van der Waals surface area contributed by atoms with Crippen LogP contribution in [0.4, 0.5) is 4.39 Å². The molecule has 0 aliphatic heterocycles. The number of aryl methyl sites for hydroxylation is 1. The third-order valence-corrected chi connectivity index (χ3v) is 3.98. The minimum atomic E-state index is -0.440. The fourth-order valence-electron chi connectivity index (χ4n) is 2.56. The van der Waals surface area contributed by atoms with Gasteiger partial charge in [0.15, 0.2) is 0 Å². The molecule has 1 atom stereocenters. The highest BCUT2D eigenvalue weighted by Gasteiger charge is 2.12. The minimum absolute atomic E-state index is 0.0208. The van der Waals surface area contributed by atoms with Gasteiger partial charge in [0, 0.05) is 24.8 Å². The third-order valence-electron chi connectivity index (χ3n) is 3.98. The molecule has 0 saturated heterocycles. The Morgan fingerprint density at radius 3 is 2.67 bits per heavy atom. The predicted octanol–water partition coefficient (Wildman–Crippen LogP) is 2.73. The molecular formula is C18H25FN4O. The number of halogens is 1. The topological polar surface area (TPSA) is 75.0 Å². The number of hydrogen-bond donors (Lipinski definition) is 2. The van der Waals surface area contributed by atoms with E-state index in [1.807, 2.05) is 6.07 Å². The lowest BCUT2D eigenvalue weighted by molar-refractivity contribution is -0.130. The number of aromatic nitrogens is 2. The second-order valence-electron chi connectivity index (χ2n) is 6.14. The average Bonchev–Trinajstić information content (AvgIpc) is 3.03. The second-order valence-corrected chi connectivity index (χ2v) is 6.14. The molecule has 1 aromatic carbocycles. The molecule has 5 nitrogen and oxygen atoms in total. The molecule has 0 aliphatic rings. The number of hydrogen-bond acceptors (Lipinski definition) is 3. The summed E-state index contributed by atoms with van der Waals surface area (Å²) in [5, 5.41) is 7.30. The Balaban J connectivity index is 1.72. The van der Waals surface area contributed by atoms with Crippen LogP contribution in [-0.4, -0.2) is 40.6 Å². The van der Waals surface area contributed by atoms with Gasteiger partial charge in [-0.2, -0.15) is 5.10 Å². The number of aromatic amines is 1. The summed E-state index contributed by atoms with van der Waals surface area (Å²) in [5.41, 5.74) is 8.37. The van der Waals surface area contributed by atoms with Gasteiger partial charge in [0.25, 0.3) is 0 Å². The van der Waals surface area contributed by atoms with Crippen LogP contribution < -0.4 is 5.73 Å². The summed E-state index contributed by atoms with van der Waals surface area (Å²) in [6.45, 7) is 2.43. The zero-order chi connectivity index (χ0) is 17.5. The first-order valence-corrected chi connectivity index (χ1v) is 8.28. The number of carbonyl (C=O) groups is 1. The Hall–Kier alpha value is -2.21. The summed E-state index contributed by atoms with van der Waals surface area (Å²) in [6, 6.07) is 7.87. The van der Waals surface area contributed by atoms with Gasteiger partial charge in [0.1, 0.15) is 5.82 Å². The first-order valence-electron chi connectivity index (χ1n) is 8.28. The van der Waals surface area contributed by atoms with Gasteiger partial charge in [-0.3, -0.25) is 9.89 Å². The van der Waals surface area contributed by atoms with Crippen LogP contribution in [0.15, 0.2) is 30.3 Å². The van der Waals surface area contributed by atoms with E-state index in [4.69, 9.17) is 5.73 Å². The molecule has 6 heteroatoms. The van der Waals surface area contributed by atoms with Crippen LogP contribution in [0.3, 0.4) is 0 Å². The lowest BCUT2D eigenvalue weighted by Crippen LogP contribution is -2.40. The highest BCUT2D eigenvalue weighted by atomic mass is 19.1. The number of amides is 1. The summed E-state index contributed by atoms with van der Waals surface area (Å²) >= 11 is 0.